The Bertz CT molecular complexity index is 273. The van der Waals surface area contributed by atoms with Gasteiger partial charge in [-0.05, 0) is 24.8 Å². The van der Waals surface area contributed by atoms with Crippen molar-refractivity contribution in [2.24, 2.45) is 5.73 Å². The largest absolute Gasteiger partial charge is 0.372 e. The van der Waals surface area contributed by atoms with E-state index in [9.17, 15) is 0 Å². The molecule has 0 spiro atoms. The van der Waals surface area contributed by atoms with Crippen molar-refractivity contribution in [2.75, 3.05) is 0 Å². The molecule has 2 atom stereocenters. The number of rotatable bonds is 3. The van der Waals surface area contributed by atoms with Gasteiger partial charge in [-0.15, -0.1) is 0 Å². The van der Waals surface area contributed by atoms with Gasteiger partial charge in [-0.2, -0.15) is 0 Å². The Labute approximate surface area is 85.1 Å². The lowest BCUT2D eigenvalue weighted by Gasteiger charge is -2.16. The van der Waals surface area contributed by atoms with E-state index in [0.717, 1.165) is 12.8 Å². The molecule has 1 fully saturated rings. The second-order valence-corrected chi connectivity index (χ2v) is 3.93. The number of ether oxygens (including phenoxy) is 1. The van der Waals surface area contributed by atoms with Crippen molar-refractivity contribution in [1.82, 2.24) is 0 Å². The maximum atomic E-state index is 5.92. The lowest BCUT2D eigenvalue weighted by Crippen LogP contribution is -2.31. The van der Waals surface area contributed by atoms with Crippen LogP contribution in [-0.4, -0.2) is 12.1 Å². The van der Waals surface area contributed by atoms with E-state index in [-0.39, 0.29) is 12.1 Å². The van der Waals surface area contributed by atoms with Crippen LogP contribution in [0, 0.1) is 0 Å². The fraction of sp³-hybridized carbons (Fsp3) is 0.500. The van der Waals surface area contributed by atoms with Crippen molar-refractivity contribution in [1.29, 1.82) is 0 Å². The van der Waals surface area contributed by atoms with Crippen LogP contribution in [0.4, 0.5) is 0 Å². The summed E-state index contributed by atoms with van der Waals surface area (Å²) in [5, 5.41) is 0. The summed E-state index contributed by atoms with van der Waals surface area (Å²) in [5.41, 5.74) is 7.15. The molecule has 0 aromatic heterocycles. The van der Waals surface area contributed by atoms with Gasteiger partial charge in [0.2, 0.25) is 0 Å². The molecular weight excluding hydrogens is 174 g/mol. The number of nitrogens with two attached hydrogens (primary N) is 1. The van der Waals surface area contributed by atoms with Crippen LogP contribution in [0.1, 0.15) is 24.8 Å². The first kappa shape index (κ1) is 9.69. The van der Waals surface area contributed by atoms with Crippen molar-refractivity contribution in [3.05, 3.63) is 35.9 Å². The SMILES string of the molecule is N[C@@H]1CCC[C@H]1OCc1ccccc1. The molecule has 2 nitrogen and oxygen atoms in total. The van der Waals surface area contributed by atoms with Crippen molar-refractivity contribution in [3.63, 3.8) is 0 Å². The molecule has 1 aliphatic rings. The quantitative estimate of drug-likeness (QED) is 0.794. The molecule has 1 aromatic carbocycles. The lowest BCUT2D eigenvalue weighted by molar-refractivity contribution is 0.0357. The predicted molar refractivity (Wildman–Crippen MR) is 56.8 cm³/mol. The Morgan fingerprint density at radius 3 is 2.64 bits per heavy atom. The Balaban J connectivity index is 1.82. The minimum absolute atomic E-state index is 0.249. The third-order valence-corrected chi connectivity index (χ3v) is 2.81. The van der Waals surface area contributed by atoms with Crippen LogP contribution in [0.3, 0.4) is 0 Å². The van der Waals surface area contributed by atoms with Crippen LogP contribution >= 0.6 is 0 Å². The van der Waals surface area contributed by atoms with Gasteiger partial charge in [0.15, 0.2) is 0 Å². The van der Waals surface area contributed by atoms with Crippen molar-refractivity contribution in [2.45, 2.75) is 38.0 Å². The standard InChI is InChI=1S/C12H17NO/c13-11-7-4-8-12(11)14-9-10-5-2-1-3-6-10/h1-3,5-6,11-12H,4,7-9,13H2/t11-,12-/m1/s1. The van der Waals surface area contributed by atoms with Gasteiger partial charge in [-0.25, -0.2) is 0 Å². The molecule has 0 bridgehead atoms. The summed E-state index contributed by atoms with van der Waals surface area (Å²) in [5.74, 6) is 0. The minimum Gasteiger partial charge on any atom is -0.372 e. The van der Waals surface area contributed by atoms with Crippen molar-refractivity contribution in [3.8, 4) is 0 Å². The highest BCUT2D eigenvalue weighted by molar-refractivity contribution is 5.13. The summed E-state index contributed by atoms with van der Waals surface area (Å²) >= 11 is 0. The first-order valence-electron chi connectivity index (χ1n) is 5.27. The summed E-state index contributed by atoms with van der Waals surface area (Å²) in [6.45, 7) is 0.694. The summed E-state index contributed by atoms with van der Waals surface area (Å²) in [4.78, 5) is 0. The molecule has 0 radical (unpaired) electrons. The van der Waals surface area contributed by atoms with Gasteiger partial charge in [0.05, 0.1) is 12.7 Å². The average Bonchev–Trinajstić information content (AvgIpc) is 2.63. The molecule has 0 unspecified atom stereocenters. The van der Waals surface area contributed by atoms with Crippen molar-refractivity contribution < 1.29 is 4.74 Å². The van der Waals surface area contributed by atoms with E-state index in [4.69, 9.17) is 10.5 Å². The molecule has 2 rings (SSSR count). The third-order valence-electron chi connectivity index (χ3n) is 2.81. The second kappa shape index (κ2) is 4.58. The highest BCUT2D eigenvalue weighted by Crippen LogP contribution is 2.21. The lowest BCUT2D eigenvalue weighted by atomic mass is 10.2. The molecule has 0 amide bonds. The molecule has 76 valence electrons. The first-order valence-corrected chi connectivity index (χ1v) is 5.27. The number of hydrogen-bond donors (Lipinski definition) is 1. The van der Waals surface area contributed by atoms with E-state index in [0.29, 0.717) is 6.61 Å². The zero-order valence-corrected chi connectivity index (χ0v) is 8.36. The summed E-state index contributed by atoms with van der Waals surface area (Å²) < 4.78 is 5.78. The van der Waals surface area contributed by atoms with Gasteiger partial charge in [0.25, 0.3) is 0 Å². The Morgan fingerprint density at radius 1 is 1.21 bits per heavy atom. The average molecular weight is 191 g/mol. The van der Waals surface area contributed by atoms with Gasteiger partial charge in [0.1, 0.15) is 0 Å². The Hall–Kier alpha value is -0.860. The molecular formula is C12H17NO. The van der Waals surface area contributed by atoms with Crippen molar-refractivity contribution >= 4 is 0 Å². The summed E-state index contributed by atoms with van der Waals surface area (Å²) in [6, 6.07) is 10.5. The highest BCUT2D eigenvalue weighted by atomic mass is 16.5. The predicted octanol–water partition coefficient (Wildman–Crippen LogP) is 2.08. The Kier molecular flexibility index (Phi) is 3.17. The second-order valence-electron chi connectivity index (χ2n) is 3.93. The highest BCUT2D eigenvalue weighted by Gasteiger charge is 2.24. The minimum atomic E-state index is 0.249. The molecule has 0 aliphatic heterocycles. The van der Waals surface area contributed by atoms with Gasteiger partial charge in [-0.1, -0.05) is 30.3 Å². The topological polar surface area (TPSA) is 35.2 Å². The van der Waals surface area contributed by atoms with Crippen LogP contribution in [0.15, 0.2) is 30.3 Å². The van der Waals surface area contributed by atoms with Crippen LogP contribution in [0.25, 0.3) is 0 Å². The zero-order chi connectivity index (χ0) is 9.80. The molecule has 0 heterocycles. The van der Waals surface area contributed by atoms with Gasteiger partial charge in [-0.3, -0.25) is 0 Å². The summed E-state index contributed by atoms with van der Waals surface area (Å²) in [6.07, 6.45) is 3.71. The number of hydrogen-bond acceptors (Lipinski definition) is 2. The van der Waals surface area contributed by atoms with E-state index in [2.05, 4.69) is 12.1 Å². The van der Waals surface area contributed by atoms with E-state index in [1.54, 1.807) is 0 Å². The monoisotopic (exact) mass is 191 g/mol. The normalized spacial score (nSPS) is 26.6. The molecule has 1 aliphatic carbocycles. The van der Waals surface area contributed by atoms with Crippen LogP contribution < -0.4 is 5.73 Å². The van der Waals surface area contributed by atoms with Crippen LogP contribution in [0.5, 0.6) is 0 Å². The van der Waals surface area contributed by atoms with Gasteiger partial charge < -0.3 is 10.5 Å². The first-order chi connectivity index (χ1) is 6.86. The van der Waals surface area contributed by atoms with Gasteiger partial charge in [0, 0.05) is 6.04 Å². The molecule has 14 heavy (non-hydrogen) atoms. The molecule has 1 saturated carbocycles. The molecule has 1 aromatic rings. The van der Waals surface area contributed by atoms with E-state index in [1.807, 2.05) is 18.2 Å². The smallest absolute Gasteiger partial charge is 0.0730 e. The zero-order valence-electron chi connectivity index (χ0n) is 8.36. The third kappa shape index (κ3) is 2.34. The number of benzene rings is 1. The maximum Gasteiger partial charge on any atom is 0.0730 e. The Morgan fingerprint density at radius 2 is 2.00 bits per heavy atom. The fourth-order valence-corrected chi connectivity index (χ4v) is 1.94. The van der Waals surface area contributed by atoms with Gasteiger partial charge >= 0.3 is 0 Å². The van der Waals surface area contributed by atoms with E-state index < -0.39 is 0 Å². The summed E-state index contributed by atoms with van der Waals surface area (Å²) in [7, 11) is 0. The van der Waals surface area contributed by atoms with Crippen LogP contribution in [-0.2, 0) is 11.3 Å². The van der Waals surface area contributed by atoms with Crippen LogP contribution in [0.2, 0.25) is 0 Å². The fourth-order valence-electron chi connectivity index (χ4n) is 1.94. The van der Waals surface area contributed by atoms with E-state index >= 15 is 0 Å². The van der Waals surface area contributed by atoms with E-state index in [1.165, 1.54) is 12.0 Å². The maximum absolute atomic E-state index is 5.92. The molecule has 2 heteroatoms. The molecule has 0 saturated heterocycles. The molecule has 2 N–H and O–H groups in total.